The minimum absolute atomic E-state index is 0.00586. The van der Waals surface area contributed by atoms with E-state index >= 15 is 0 Å². The molecule has 0 N–H and O–H groups in total. The average molecular weight is 413 g/mol. The number of methoxy groups -OCH3 is 1. The summed E-state index contributed by atoms with van der Waals surface area (Å²) in [6.07, 6.45) is 2.94. The molecule has 0 radical (unpaired) electrons. The van der Waals surface area contributed by atoms with E-state index in [9.17, 15) is 14.4 Å². The molecule has 3 unspecified atom stereocenters. The number of hydrogen-bond donors (Lipinski definition) is 0. The van der Waals surface area contributed by atoms with Crippen LogP contribution in [0, 0.1) is 5.92 Å². The number of nitrogens with zero attached hydrogens (tertiary/aromatic N) is 3. The molecule has 0 spiro atoms. The molecule has 0 aromatic heterocycles. The minimum Gasteiger partial charge on any atom is -0.497 e. The molecule has 1 aliphatic carbocycles. The number of hydrogen-bond acceptors (Lipinski definition) is 5. The van der Waals surface area contributed by atoms with Crippen molar-refractivity contribution in [2.45, 2.75) is 37.5 Å². The van der Waals surface area contributed by atoms with Gasteiger partial charge in [-0.3, -0.25) is 14.4 Å². The molecule has 3 saturated heterocycles. The summed E-state index contributed by atoms with van der Waals surface area (Å²) < 4.78 is 11.1. The number of rotatable bonds is 5. The summed E-state index contributed by atoms with van der Waals surface area (Å²) >= 11 is 0. The molecule has 8 heteroatoms. The smallest absolute Gasteiger partial charge is 0.254 e. The van der Waals surface area contributed by atoms with Gasteiger partial charge in [0.05, 0.1) is 19.8 Å². The molecule has 4 aliphatic rings. The molecule has 5 rings (SSSR count). The first-order chi connectivity index (χ1) is 14.5. The van der Waals surface area contributed by atoms with Gasteiger partial charge in [0.15, 0.2) is 0 Å². The van der Waals surface area contributed by atoms with Gasteiger partial charge >= 0.3 is 0 Å². The second-order valence-corrected chi connectivity index (χ2v) is 8.67. The van der Waals surface area contributed by atoms with Gasteiger partial charge in [-0.05, 0) is 43.0 Å². The van der Waals surface area contributed by atoms with E-state index in [1.807, 2.05) is 0 Å². The van der Waals surface area contributed by atoms with Crippen LogP contribution in [0.25, 0.3) is 0 Å². The monoisotopic (exact) mass is 413 g/mol. The first-order valence-electron chi connectivity index (χ1n) is 10.7. The Hall–Kier alpha value is -2.61. The molecule has 1 saturated carbocycles. The van der Waals surface area contributed by atoms with Crippen LogP contribution in [0.3, 0.4) is 0 Å². The lowest BCUT2D eigenvalue weighted by Gasteiger charge is -2.47. The number of amides is 3. The Morgan fingerprint density at radius 3 is 2.43 bits per heavy atom. The number of ether oxygens (including phenoxy) is 2. The van der Waals surface area contributed by atoms with Crippen LogP contribution in [0.15, 0.2) is 24.3 Å². The van der Waals surface area contributed by atoms with E-state index in [2.05, 4.69) is 0 Å². The fraction of sp³-hybridized carbons (Fsp3) is 0.591. The summed E-state index contributed by atoms with van der Waals surface area (Å²) in [6, 6.07) is 5.91. The third-order valence-corrected chi connectivity index (χ3v) is 6.67. The second kappa shape index (κ2) is 7.58. The molecule has 3 aliphatic heterocycles. The Kier molecular flexibility index (Phi) is 4.89. The molecule has 160 valence electrons. The lowest BCUT2D eigenvalue weighted by molar-refractivity contribution is -0.162. The summed E-state index contributed by atoms with van der Waals surface area (Å²) in [5.41, 5.74) is 0.548. The van der Waals surface area contributed by atoms with E-state index in [1.165, 1.54) is 12.8 Å². The van der Waals surface area contributed by atoms with Gasteiger partial charge in [-0.15, -0.1) is 0 Å². The summed E-state index contributed by atoms with van der Waals surface area (Å²) in [4.78, 5) is 44.2. The molecule has 8 nitrogen and oxygen atoms in total. The van der Waals surface area contributed by atoms with Crippen molar-refractivity contribution in [2.75, 3.05) is 39.9 Å². The van der Waals surface area contributed by atoms with Crippen LogP contribution in [0.5, 0.6) is 5.75 Å². The Morgan fingerprint density at radius 1 is 1.00 bits per heavy atom. The predicted octanol–water partition coefficient (Wildman–Crippen LogP) is 0.758. The minimum atomic E-state index is -0.605. The highest BCUT2D eigenvalue weighted by molar-refractivity contribution is 5.99. The van der Waals surface area contributed by atoms with Crippen molar-refractivity contribution in [1.82, 2.24) is 14.7 Å². The number of fused-ring (bicyclic) bond motifs is 2. The highest BCUT2D eigenvalue weighted by atomic mass is 16.5. The van der Waals surface area contributed by atoms with Crippen LogP contribution in [0.1, 0.15) is 29.6 Å². The molecular weight excluding hydrogens is 386 g/mol. The highest BCUT2D eigenvalue weighted by Crippen LogP contribution is 2.33. The number of benzene rings is 1. The van der Waals surface area contributed by atoms with Crippen molar-refractivity contribution in [2.24, 2.45) is 5.92 Å². The molecule has 30 heavy (non-hydrogen) atoms. The first kappa shape index (κ1) is 19.4. The predicted molar refractivity (Wildman–Crippen MR) is 107 cm³/mol. The van der Waals surface area contributed by atoms with Crippen molar-refractivity contribution >= 4 is 17.7 Å². The van der Waals surface area contributed by atoms with Gasteiger partial charge in [0.25, 0.3) is 5.91 Å². The number of carbonyl (C=O) groups is 3. The van der Waals surface area contributed by atoms with E-state index in [4.69, 9.17) is 9.47 Å². The number of carbonyl (C=O) groups excluding carboxylic acids is 3. The highest BCUT2D eigenvalue weighted by Gasteiger charge is 2.52. The molecule has 4 fully saturated rings. The van der Waals surface area contributed by atoms with E-state index < -0.39 is 12.1 Å². The topological polar surface area (TPSA) is 79.4 Å². The maximum Gasteiger partial charge on any atom is 0.254 e. The third-order valence-electron chi connectivity index (χ3n) is 6.67. The van der Waals surface area contributed by atoms with Crippen LogP contribution in [0.4, 0.5) is 0 Å². The molecule has 3 amide bonds. The second-order valence-electron chi connectivity index (χ2n) is 8.67. The molecule has 0 bridgehead atoms. The molecule has 1 aromatic carbocycles. The molecule has 1 aromatic rings. The Labute approximate surface area is 175 Å². The lowest BCUT2D eigenvalue weighted by Crippen LogP contribution is -2.69. The Balaban J connectivity index is 1.27. The molecule has 3 atom stereocenters. The maximum absolute atomic E-state index is 13.2. The van der Waals surface area contributed by atoms with Gasteiger partial charge in [0.1, 0.15) is 17.8 Å². The SMILES string of the molecule is COc1ccc(C(=O)N2CCN3C(=O)C4CC(OCC5CC5)CN4C(=O)C3C2)cc1. The first-order valence-corrected chi connectivity index (χ1v) is 10.7. The van der Waals surface area contributed by atoms with Crippen molar-refractivity contribution in [3.05, 3.63) is 29.8 Å². The number of piperazine rings is 2. The fourth-order valence-electron chi connectivity index (χ4n) is 4.69. The summed E-state index contributed by atoms with van der Waals surface area (Å²) in [6.45, 7) is 2.24. The van der Waals surface area contributed by atoms with Crippen molar-refractivity contribution in [1.29, 1.82) is 0 Å². The average Bonchev–Trinajstić information content (AvgIpc) is 3.52. The van der Waals surface area contributed by atoms with Gasteiger partial charge < -0.3 is 24.2 Å². The van der Waals surface area contributed by atoms with E-state index in [0.29, 0.717) is 43.3 Å². The zero-order valence-corrected chi connectivity index (χ0v) is 17.2. The van der Waals surface area contributed by atoms with Gasteiger partial charge in [0, 0.05) is 38.2 Å². The van der Waals surface area contributed by atoms with Gasteiger partial charge in [-0.1, -0.05) is 0 Å². The van der Waals surface area contributed by atoms with Crippen LogP contribution in [-0.2, 0) is 14.3 Å². The third kappa shape index (κ3) is 3.43. The Bertz CT molecular complexity index is 853. The normalized spacial score (nSPS) is 28.4. The van der Waals surface area contributed by atoms with Crippen LogP contribution >= 0.6 is 0 Å². The largest absolute Gasteiger partial charge is 0.497 e. The van der Waals surface area contributed by atoms with Gasteiger partial charge in [-0.25, -0.2) is 0 Å². The van der Waals surface area contributed by atoms with E-state index in [-0.39, 0.29) is 30.4 Å². The van der Waals surface area contributed by atoms with Crippen LogP contribution < -0.4 is 4.74 Å². The van der Waals surface area contributed by atoms with Crippen molar-refractivity contribution in [3.8, 4) is 5.75 Å². The van der Waals surface area contributed by atoms with Crippen molar-refractivity contribution < 1.29 is 23.9 Å². The summed E-state index contributed by atoms with van der Waals surface area (Å²) in [5.74, 6) is 1.13. The van der Waals surface area contributed by atoms with Gasteiger partial charge in [-0.2, -0.15) is 0 Å². The maximum atomic E-state index is 13.2. The quantitative estimate of drug-likeness (QED) is 0.712. The fourth-order valence-corrected chi connectivity index (χ4v) is 4.69. The summed E-state index contributed by atoms with van der Waals surface area (Å²) in [7, 11) is 1.58. The van der Waals surface area contributed by atoms with Crippen LogP contribution in [0.2, 0.25) is 0 Å². The zero-order valence-electron chi connectivity index (χ0n) is 17.2. The lowest BCUT2D eigenvalue weighted by atomic mass is 10.0. The summed E-state index contributed by atoms with van der Waals surface area (Å²) in [5, 5.41) is 0. The standard InChI is InChI=1S/C22H27N3O5/c1-29-16-6-4-15(5-7-16)20(26)23-8-9-24-19(12-23)22(28)25-11-17(10-18(25)21(24)27)30-13-14-2-3-14/h4-7,14,17-19H,2-3,8-13H2,1H3. The van der Waals surface area contributed by atoms with Crippen molar-refractivity contribution in [3.63, 3.8) is 0 Å². The van der Waals surface area contributed by atoms with E-state index in [0.717, 1.165) is 6.61 Å². The van der Waals surface area contributed by atoms with Crippen LogP contribution in [-0.4, -0.2) is 90.5 Å². The van der Waals surface area contributed by atoms with Gasteiger partial charge in [0.2, 0.25) is 11.8 Å². The Morgan fingerprint density at radius 2 is 1.73 bits per heavy atom. The van der Waals surface area contributed by atoms with E-state index in [1.54, 1.807) is 46.1 Å². The molecule has 3 heterocycles. The zero-order chi connectivity index (χ0) is 20.8. The molecular formula is C22H27N3O5.